The highest BCUT2D eigenvalue weighted by molar-refractivity contribution is 5.94. The molecule has 0 aromatic heterocycles. The number of rotatable bonds is 3. The molecule has 120 valence electrons. The van der Waals surface area contributed by atoms with Crippen molar-refractivity contribution in [3.05, 3.63) is 35.4 Å². The predicted molar refractivity (Wildman–Crippen MR) is 73.3 cm³/mol. The zero-order chi connectivity index (χ0) is 16.7. The molecule has 2 rings (SSSR count). The second kappa shape index (κ2) is 8.38. The third-order valence-electron chi connectivity index (χ3n) is 2.89. The number of alkyl halides is 2. The van der Waals surface area contributed by atoms with E-state index < -0.39 is 24.9 Å². The summed E-state index contributed by atoms with van der Waals surface area (Å²) in [6, 6.07) is 6.89. The fraction of sp³-hybridized carbons (Fsp3) is 0.429. The van der Waals surface area contributed by atoms with Crippen LogP contribution in [-0.2, 0) is 4.74 Å². The molecule has 1 aliphatic rings. The van der Waals surface area contributed by atoms with E-state index in [1.54, 1.807) is 0 Å². The van der Waals surface area contributed by atoms with Crippen molar-refractivity contribution in [3.8, 4) is 6.07 Å². The van der Waals surface area contributed by atoms with Gasteiger partial charge < -0.3 is 20.1 Å². The number of ether oxygens (including phenoxy) is 1. The SMILES string of the molecule is CO.N#Cc1ccc(C2=NC(C(O)C(F)F)CC(O)O2)cc1. The molecule has 0 saturated carbocycles. The fourth-order valence-electron chi connectivity index (χ4n) is 1.83. The van der Waals surface area contributed by atoms with Crippen LogP contribution in [-0.4, -0.2) is 53.2 Å². The van der Waals surface area contributed by atoms with E-state index in [0.29, 0.717) is 11.1 Å². The summed E-state index contributed by atoms with van der Waals surface area (Å²) in [5, 5.41) is 34.6. The molecule has 3 N–H and O–H groups in total. The van der Waals surface area contributed by atoms with Crippen LogP contribution in [0.15, 0.2) is 29.3 Å². The molecule has 0 aliphatic carbocycles. The Bertz CT molecular complexity index is 543. The van der Waals surface area contributed by atoms with Crippen LogP contribution in [0.5, 0.6) is 0 Å². The van der Waals surface area contributed by atoms with Gasteiger partial charge in [0.25, 0.3) is 6.43 Å². The number of nitrogens with zero attached hydrogens (tertiary/aromatic N) is 2. The molecule has 3 unspecified atom stereocenters. The van der Waals surface area contributed by atoms with Gasteiger partial charge in [-0.3, -0.25) is 0 Å². The van der Waals surface area contributed by atoms with E-state index >= 15 is 0 Å². The molecule has 0 amide bonds. The summed E-state index contributed by atoms with van der Waals surface area (Å²) in [5.41, 5.74) is 0.865. The average Bonchev–Trinajstić information content (AvgIpc) is 2.55. The minimum atomic E-state index is -2.95. The van der Waals surface area contributed by atoms with Gasteiger partial charge in [0.15, 0.2) is 0 Å². The molecule has 1 aliphatic heterocycles. The van der Waals surface area contributed by atoms with Gasteiger partial charge in [0.05, 0.1) is 17.7 Å². The summed E-state index contributed by atoms with van der Waals surface area (Å²) in [4.78, 5) is 3.90. The molecule has 8 heteroatoms. The first-order valence-corrected chi connectivity index (χ1v) is 6.35. The Morgan fingerprint density at radius 2 is 1.91 bits per heavy atom. The van der Waals surface area contributed by atoms with E-state index in [0.717, 1.165) is 7.11 Å². The van der Waals surface area contributed by atoms with Crippen LogP contribution in [0.3, 0.4) is 0 Å². The standard InChI is InChI=1S/C13H12F2N2O3.CH4O/c14-12(15)11(19)9-5-10(18)20-13(17-9)8-3-1-7(6-16)2-4-8;1-2/h1-4,9-12,18-19H,5H2;2H,1H3. The van der Waals surface area contributed by atoms with Crippen LogP contribution in [0.1, 0.15) is 17.5 Å². The summed E-state index contributed by atoms with van der Waals surface area (Å²) < 4.78 is 30.1. The monoisotopic (exact) mass is 314 g/mol. The molecule has 6 nitrogen and oxygen atoms in total. The Morgan fingerprint density at radius 3 is 2.41 bits per heavy atom. The van der Waals surface area contributed by atoms with Crippen molar-refractivity contribution in [1.82, 2.24) is 0 Å². The number of aliphatic imine (C=N–C) groups is 1. The van der Waals surface area contributed by atoms with Crippen LogP contribution < -0.4 is 0 Å². The normalized spacial score (nSPS) is 21.8. The Balaban J connectivity index is 0.00000116. The molecule has 1 aromatic carbocycles. The lowest BCUT2D eigenvalue weighted by Gasteiger charge is -2.28. The summed E-state index contributed by atoms with van der Waals surface area (Å²) in [6.07, 6.45) is -6.42. The number of hydrogen-bond acceptors (Lipinski definition) is 6. The first-order chi connectivity index (χ1) is 10.5. The molecule has 1 heterocycles. The molecule has 0 fully saturated rings. The van der Waals surface area contributed by atoms with Gasteiger partial charge in [0, 0.05) is 19.1 Å². The Kier molecular flexibility index (Phi) is 6.85. The molecule has 3 atom stereocenters. The minimum Gasteiger partial charge on any atom is -0.448 e. The van der Waals surface area contributed by atoms with Gasteiger partial charge in [-0.2, -0.15) is 5.26 Å². The zero-order valence-corrected chi connectivity index (χ0v) is 11.7. The number of aliphatic hydroxyl groups excluding tert-OH is 3. The summed E-state index contributed by atoms with van der Waals surface area (Å²) >= 11 is 0. The van der Waals surface area contributed by atoms with Crippen molar-refractivity contribution in [3.63, 3.8) is 0 Å². The maximum atomic E-state index is 12.5. The maximum Gasteiger partial charge on any atom is 0.266 e. The molecular formula is C14H16F2N2O4. The van der Waals surface area contributed by atoms with E-state index in [2.05, 4.69) is 4.99 Å². The van der Waals surface area contributed by atoms with Crippen molar-refractivity contribution in [1.29, 1.82) is 5.26 Å². The zero-order valence-electron chi connectivity index (χ0n) is 11.7. The maximum absolute atomic E-state index is 12.5. The third-order valence-corrected chi connectivity index (χ3v) is 2.89. The Hall–Kier alpha value is -2.08. The van der Waals surface area contributed by atoms with Gasteiger partial charge in [-0.05, 0) is 24.3 Å². The van der Waals surface area contributed by atoms with Crippen molar-refractivity contribution >= 4 is 5.90 Å². The molecule has 0 bridgehead atoms. The van der Waals surface area contributed by atoms with Crippen LogP contribution in [0.2, 0.25) is 0 Å². The quantitative estimate of drug-likeness (QED) is 0.759. The lowest BCUT2D eigenvalue weighted by molar-refractivity contribution is -0.0790. The molecular weight excluding hydrogens is 298 g/mol. The topological polar surface area (TPSA) is 106 Å². The summed E-state index contributed by atoms with van der Waals surface area (Å²) in [6.45, 7) is 0. The molecule has 1 aromatic rings. The Morgan fingerprint density at radius 1 is 1.32 bits per heavy atom. The van der Waals surface area contributed by atoms with E-state index in [1.807, 2.05) is 6.07 Å². The van der Waals surface area contributed by atoms with Gasteiger partial charge in [-0.1, -0.05) is 0 Å². The second-order valence-corrected chi connectivity index (χ2v) is 4.32. The van der Waals surface area contributed by atoms with Crippen LogP contribution in [0.25, 0.3) is 0 Å². The van der Waals surface area contributed by atoms with Crippen molar-refractivity contribution in [2.24, 2.45) is 4.99 Å². The lowest BCUT2D eigenvalue weighted by atomic mass is 10.1. The van der Waals surface area contributed by atoms with Crippen molar-refractivity contribution in [2.45, 2.75) is 31.3 Å². The van der Waals surface area contributed by atoms with Crippen molar-refractivity contribution in [2.75, 3.05) is 7.11 Å². The molecule has 0 saturated heterocycles. The first-order valence-electron chi connectivity index (χ1n) is 6.35. The molecule has 0 radical (unpaired) electrons. The van der Waals surface area contributed by atoms with Crippen LogP contribution in [0.4, 0.5) is 8.78 Å². The third kappa shape index (κ3) is 4.46. The summed E-state index contributed by atoms with van der Waals surface area (Å²) in [7, 11) is 1.00. The van der Waals surface area contributed by atoms with Crippen LogP contribution >= 0.6 is 0 Å². The number of hydrogen-bond donors (Lipinski definition) is 3. The first kappa shape index (κ1) is 18.0. The smallest absolute Gasteiger partial charge is 0.266 e. The fourth-order valence-corrected chi connectivity index (χ4v) is 1.83. The minimum absolute atomic E-state index is 0.0297. The van der Waals surface area contributed by atoms with Gasteiger partial charge in [0.1, 0.15) is 6.10 Å². The van der Waals surface area contributed by atoms with Gasteiger partial charge >= 0.3 is 0 Å². The highest BCUT2D eigenvalue weighted by Crippen LogP contribution is 2.21. The highest BCUT2D eigenvalue weighted by Gasteiger charge is 2.34. The Labute approximate surface area is 125 Å². The average molecular weight is 314 g/mol. The van der Waals surface area contributed by atoms with E-state index in [1.165, 1.54) is 24.3 Å². The van der Waals surface area contributed by atoms with Crippen molar-refractivity contribution < 1.29 is 28.8 Å². The summed E-state index contributed by atoms with van der Waals surface area (Å²) in [5.74, 6) is -0.0297. The number of halogens is 2. The number of benzene rings is 1. The molecule has 22 heavy (non-hydrogen) atoms. The van der Waals surface area contributed by atoms with Gasteiger partial charge in [-0.15, -0.1) is 0 Å². The van der Waals surface area contributed by atoms with Gasteiger partial charge in [-0.25, -0.2) is 13.8 Å². The number of nitriles is 1. The predicted octanol–water partition coefficient (Wildman–Crippen LogP) is 0.647. The van der Waals surface area contributed by atoms with Crippen LogP contribution in [0, 0.1) is 11.3 Å². The second-order valence-electron chi connectivity index (χ2n) is 4.32. The van der Waals surface area contributed by atoms with E-state index in [9.17, 15) is 19.0 Å². The van der Waals surface area contributed by atoms with E-state index in [-0.39, 0.29) is 12.3 Å². The lowest BCUT2D eigenvalue weighted by Crippen LogP contribution is -2.40. The number of aliphatic hydroxyl groups is 3. The molecule has 0 spiro atoms. The van der Waals surface area contributed by atoms with E-state index in [4.69, 9.17) is 15.1 Å². The van der Waals surface area contributed by atoms with Gasteiger partial charge in [0.2, 0.25) is 12.2 Å². The highest BCUT2D eigenvalue weighted by atomic mass is 19.3. The largest absolute Gasteiger partial charge is 0.448 e.